The lowest BCUT2D eigenvalue weighted by atomic mass is 9.98. The van der Waals surface area contributed by atoms with Gasteiger partial charge in [0.2, 0.25) is 18.5 Å². The Balaban J connectivity index is 1.29. The fourth-order valence-corrected chi connectivity index (χ4v) is 4.20. The van der Waals surface area contributed by atoms with Gasteiger partial charge < -0.3 is 9.51 Å². The third-order valence-corrected chi connectivity index (χ3v) is 6.05. The van der Waals surface area contributed by atoms with Crippen molar-refractivity contribution < 1.29 is 31.2 Å². The normalized spacial score (nSPS) is 11.8. The Morgan fingerprint density at radius 1 is 0.923 bits per heavy atom. The van der Waals surface area contributed by atoms with Crippen LogP contribution in [-0.2, 0) is 12.7 Å². The molecule has 2 aromatic carbocycles. The fourth-order valence-electron chi connectivity index (χ4n) is 4.20. The number of aromatic nitrogens is 6. The van der Waals surface area contributed by atoms with E-state index in [0.717, 1.165) is 12.1 Å². The Bertz CT molecular complexity index is 1810. The van der Waals surface area contributed by atoms with Crippen LogP contribution in [0.3, 0.4) is 0 Å². The van der Waals surface area contributed by atoms with E-state index in [-0.39, 0.29) is 35.0 Å². The molecule has 0 unspecified atom stereocenters. The Kier molecular flexibility index (Phi) is 5.86. The number of hydrogen-bond acceptors (Lipinski definition) is 5. The van der Waals surface area contributed by atoms with E-state index in [1.54, 1.807) is 30.6 Å². The lowest BCUT2D eigenvalue weighted by molar-refractivity contribution is -0.746. The van der Waals surface area contributed by atoms with E-state index in [4.69, 9.17) is 4.52 Å². The number of benzene rings is 2. The van der Waals surface area contributed by atoms with E-state index < -0.39 is 23.4 Å². The number of nitrogens with zero attached hydrogens (tertiary/aromatic N) is 5. The van der Waals surface area contributed by atoms with Gasteiger partial charge in [-0.25, -0.2) is 13.8 Å². The van der Waals surface area contributed by atoms with Gasteiger partial charge in [0.15, 0.2) is 11.6 Å². The first-order valence-corrected chi connectivity index (χ1v) is 11.5. The van der Waals surface area contributed by atoms with Crippen LogP contribution in [0, 0.1) is 11.6 Å². The summed E-state index contributed by atoms with van der Waals surface area (Å²) in [5.74, 6) is -1.65. The van der Waals surface area contributed by atoms with E-state index in [2.05, 4.69) is 25.2 Å². The predicted octanol–water partition coefficient (Wildman–Crippen LogP) is 5.97. The zero-order valence-corrected chi connectivity index (χ0v) is 19.7. The highest BCUT2D eigenvalue weighted by Gasteiger charge is 2.35. The number of H-pyrrole nitrogens is 1. The van der Waals surface area contributed by atoms with Crippen LogP contribution in [0.15, 0.2) is 83.9 Å². The maximum absolute atomic E-state index is 14.2. The predicted molar refractivity (Wildman–Crippen MR) is 129 cm³/mol. The molecule has 4 heterocycles. The zero-order valence-electron chi connectivity index (χ0n) is 19.7. The van der Waals surface area contributed by atoms with Crippen LogP contribution in [0.5, 0.6) is 0 Å². The van der Waals surface area contributed by atoms with Crippen molar-refractivity contribution in [2.75, 3.05) is 0 Å². The van der Waals surface area contributed by atoms with E-state index in [0.29, 0.717) is 22.2 Å². The average molecular weight is 535 g/mol. The number of aromatic amines is 1. The molecule has 0 spiro atoms. The summed E-state index contributed by atoms with van der Waals surface area (Å²) in [6.45, 7) is 0.0424. The summed E-state index contributed by atoms with van der Waals surface area (Å²) in [6.07, 6.45) is 1.38. The van der Waals surface area contributed by atoms with Gasteiger partial charge >= 0.3 is 6.18 Å². The molecule has 4 aromatic heterocycles. The molecule has 0 aliphatic heterocycles. The molecular formula is C27H16F5N6O+. The molecule has 0 saturated carbocycles. The first kappa shape index (κ1) is 24.3. The lowest BCUT2D eigenvalue weighted by Gasteiger charge is -2.13. The molecule has 12 heteroatoms. The number of imidazole rings is 1. The Labute approximate surface area is 216 Å². The summed E-state index contributed by atoms with van der Waals surface area (Å²) in [5, 5.41) is 8.08. The molecule has 7 nitrogen and oxygen atoms in total. The standard InChI is InChI=1S/C27H15F5N6O/c28-21-5-1-4-19(25(21)29)26-35-23-12-34-38(14-24(23)36-26)13-17-10-22(37-39-17)18-7-6-15(9-20(18)27(30,31)32)16-3-2-8-33-11-16/h1-12,14H,13H2/p+1. The monoisotopic (exact) mass is 535 g/mol. The van der Waals surface area contributed by atoms with Crippen molar-refractivity contribution in [1.29, 1.82) is 0 Å². The SMILES string of the molecule is Fc1cccc(-c2nc3cn[n+](Cc4cc(-c5ccc(-c6cccnc6)cc5C(F)(F)F)no4)cc3[nH]2)c1F. The fraction of sp³-hybridized carbons (Fsp3) is 0.0741. The molecular weight excluding hydrogens is 519 g/mol. The van der Waals surface area contributed by atoms with Crippen LogP contribution in [0.25, 0.3) is 44.8 Å². The van der Waals surface area contributed by atoms with Crippen LogP contribution in [0.1, 0.15) is 11.3 Å². The van der Waals surface area contributed by atoms with E-state index in [9.17, 15) is 22.0 Å². The third kappa shape index (κ3) is 4.72. The van der Waals surface area contributed by atoms with Crippen molar-refractivity contribution in [2.45, 2.75) is 12.7 Å². The minimum absolute atomic E-state index is 0.0159. The number of alkyl halides is 3. The summed E-state index contributed by atoms with van der Waals surface area (Å²) < 4.78 is 76.5. The number of pyridine rings is 1. The molecule has 194 valence electrons. The highest BCUT2D eigenvalue weighted by atomic mass is 19.4. The van der Waals surface area contributed by atoms with Crippen molar-refractivity contribution in [2.24, 2.45) is 0 Å². The molecule has 6 rings (SSSR count). The molecule has 6 aromatic rings. The minimum atomic E-state index is -4.63. The van der Waals surface area contributed by atoms with Crippen molar-refractivity contribution in [1.82, 2.24) is 25.2 Å². The Morgan fingerprint density at radius 2 is 1.79 bits per heavy atom. The van der Waals surface area contributed by atoms with Crippen LogP contribution < -0.4 is 4.68 Å². The first-order valence-electron chi connectivity index (χ1n) is 11.5. The first-order chi connectivity index (χ1) is 18.8. The number of halogens is 5. The molecule has 0 atom stereocenters. The number of fused-ring (bicyclic) bond motifs is 1. The molecule has 0 aliphatic carbocycles. The van der Waals surface area contributed by atoms with Gasteiger partial charge in [-0.2, -0.15) is 13.2 Å². The molecule has 0 amide bonds. The van der Waals surface area contributed by atoms with Crippen LogP contribution in [0.2, 0.25) is 0 Å². The van der Waals surface area contributed by atoms with Crippen LogP contribution >= 0.6 is 0 Å². The van der Waals surface area contributed by atoms with Crippen molar-refractivity contribution in [3.8, 4) is 33.8 Å². The third-order valence-electron chi connectivity index (χ3n) is 6.05. The molecule has 39 heavy (non-hydrogen) atoms. The van der Waals surface area contributed by atoms with Crippen LogP contribution in [-0.4, -0.2) is 25.2 Å². The molecule has 0 radical (unpaired) electrons. The molecule has 0 saturated heterocycles. The van der Waals surface area contributed by atoms with Gasteiger partial charge in [0.25, 0.3) is 0 Å². The number of nitrogens with one attached hydrogen (secondary N) is 1. The Hall–Kier alpha value is -5.00. The summed E-state index contributed by atoms with van der Waals surface area (Å²) in [4.78, 5) is 11.1. The van der Waals surface area contributed by atoms with Crippen molar-refractivity contribution in [3.63, 3.8) is 0 Å². The molecule has 0 fully saturated rings. The van der Waals surface area contributed by atoms with Gasteiger partial charge in [0, 0.05) is 29.6 Å². The lowest BCUT2D eigenvalue weighted by Crippen LogP contribution is -2.37. The Morgan fingerprint density at radius 3 is 2.59 bits per heavy atom. The summed E-state index contributed by atoms with van der Waals surface area (Å²) in [6, 6.07) is 12.5. The van der Waals surface area contributed by atoms with Crippen molar-refractivity contribution >= 4 is 11.0 Å². The highest BCUT2D eigenvalue weighted by Crippen LogP contribution is 2.39. The van der Waals surface area contributed by atoms with Gasteiger partial charge in [-0.3, -0.25) is 4.98 Å². The summed E-state index contributed by atoms with van der Waals surface area (Å²) in [7, 11) is 0. The van der Waals surface area contributed by atoms with E-state index >= 15 is 0 Å². The minimum Gasteiger partial charge on any atom is -0.354 e. The quantitative estimate of drug-likeness (QED) is 0.217. The summed E-state index contributed by atoms with van der Waals surface area (Å²) in [5.41, 5.74) is 0.804. The summed E-state index contributed by atoms with van der Waals surface area (Å²) >= 11 is 0. The topological polar surface area (TPSA) is 84.4 Å². The van der Waals surface area contributed by atoms with Crippen LogP contribution in [0.4, 0.5) is 22.0 Å². The number of hydrogen-bond donors (Lipinski definition) is 1. The highest BCUT2D eigenvalue weighted by molar-refractivity contribution is 5.77. The van der Waals surface area contributed by atoms with E-state index in [1.807, 2.05) is 0 Å². The second-order valence-corrected chi connectivity index (χ2v) is 8.64. The van der Waals surface area contributed by atoms with E-state index in [1.165, 1.54) is 41.3 Å². The maximum Gasteiger partial charge on any atom is 0.417 e. The smallest absolute Gasteiger partial charge is 0.354 e. The molecule has 0 bridgehead atoms. The van der Waals surface area contributed by atoms with Gasteiger partial charge in [0.1, 0.15) is 28.7 Å². The number of rotatable bonds is 5. The zero-order chi connectivity index (χ0) is 27.1. The second kappa shape index (κ2) is 9.39. The largest absolute Gasteiger partial charge is 0.417 e. The van der Waals surface area contributed by atoms with Crippen molar-refractivity contribution in [3.05, 3.63) is 102 Å². The van der Waals surface area contributed by atoms with Gasteiger partial charge in [-0.15, -0.1) is 0 Å². The van der Waals surface area contributed by atoms with Gasteiger partial charge in [-0.05, 0) is 34.9 Å². The average Bonchev–Trinajstić information content (AvgIpc) is 3.57. The molecule has 0 aliphatic rings. The maximum atomic E-state index is 14.2. The second-order valence-electron chi connectivity index (χ2n) is 8.64. The molecule has 1 N–H and O–H groups in total. The van der Waals surface area contributed by atoms with Gasteiger partial charge in [-0.1, -0.05) is 34.1 Å². The van der Waals surface area contributed by atoms with Gasteiger partial charge in [0.05, 0.1) is 11.1 Å².